The van der Waals surface area contributed by atoms with Gasteiger partial charge in [-0.05, 0) is 19.3 Å². The fourth-order valence-electron chi connectivity index (χ4n) is 2.92. The number of carbonyl (C=O) groups is 1. The molecule has 1 amide bonds. The largest absolute Gasteiger partial charge is 0.480 e. The zero-order valence-corrected chi connectivity index (χ0v) is 15.0. The van der Waals surface area contributed by atoms with Crippen LogP contribution < -0.4 is 20.7 Å². The van der Waals surface area contributed by atoms with Gasteiger partial charge >= 0.3 is 0 Å². The van der Waals surface area contributed by atoms with E-state index in [0.717, 1.165) is 31.5 Å². The van der Waals surface area contributed by atoms with Gasteiger partial charge in [0.1, 0.15) is 28.7 Å². The van der Waals surface area contributed by atoms with Crippen molar-refractivity contribution in [2.24, 2.45) is 0 Å². The van der Waals surface area contributed by atoms with Crippen molar-refractivity contribution in [3.63, 3.8) is 0 Å². The van der Waals surface area contributed by atoms with Crippen LogP contribution in [-0.2, 0) is 0 Å². The van der Waals surface area contributed by atoms with Crippen LogP contribution in [0.2, 0.25) is 0 Å². The van der Waals surface area contributed by atoms with Gasteiger partial charge in [-0.15, -0.1) is 0 Å². The van der Waals surface area contributed by atoms with E-state index in [0.29, 0.717) is 5.82 Å². The summed E-state index contributed by atoms with van der Waals surface area (Å²) in [4.78, 5) is 20.8. The molecule has 3 N–H and O–H groups in total. The Morgan fingerprint density at radius 1 is 1.39 bits per heavy atom. The number of nitrogens with zero attached hydrogens (tertiary/aromatic N) is 4. The minimum Gasteiger partial charge on any atom is -0.480 e. The average molecular weight is 388 g/mol. The van der Waals surface area contributed by atoms with E-state index >= 15 is 0 Å². The average Bonchev–Trinajstić information content (AvgIpc) is 3.09. The number of hydrogen-bond donors (Lipinski definition) is 3. The first kappa shape index (κ1) is 14.6. The highest BCUT2D eigenvalue weighted by molar-refractivity contribution is 6.00. The number of nitrogens with one attached hydrogen (secondary N) is 3. The fourth-order valence-corrected chi connectivity index (χ4v) is 2.92. The number of ether oxygens (including phenoxy) is 1. The molecule has 9 nitrogen and oxygen atoms in total. The minimum atomic E-state index is -2.77. The lowest BCUT2D eigenvalue weighted by atomic mass is 9.93. The molecule has 10 heteroatoms. The summed E-state index contributed by atoms with van der Waals surface area (Å²) >= 11 is 0. The van der Waals surface area contributed by atoms with Crippen molar-refractivity contribution in [2.45, 2.75) is 25.3 Å². The molecule has 0 aromatic carbocycles. The van der Waals surface area contributed by atoms with E-state index < -0.39 is 12.9 Å². The van der Waals surface area contributed by atoms with Crippen molar-refractivity contribution < 1.29 is 18.0 Å². The molecule has 0 saturated heterocycles. The summed E-state index contributed by atoms with van der Waals surface area (Å²) in [6.45, 7) is 0. The first-order chi connectivity index (χ1) is 14.7. The van der Waals surface area contributed by atoms with Crippen LogP contribution in [0.1, 0.15) is 33.7 Å². The van der Waals surface area contributed by atoms with Crippen LogP contribution in [0.4, 0.5) is 21.7 Å². The maximum Gasteiger partial charge on any atom is 0.256 e. The second-order valence-corrected chi connectivity index (χ2v) is 6.40. The second kappa shape index (κ2) is 7.29. The molecule has 0 unspecified atom stereocenters. The van der Waals surface area contributed by atoms with Crippen molar-refractivity contribution in [1.82, 2.24) is 24.9 Å². The quantitative estimate of drug-likeness (QED) is 0.595. The Balaban J connectivity index is 1.70. The first-order valence-corrected chi connectivity index (χ1v) is 8.72. The number of hydrogen-bond acceptors (Lipinski definition) is 7. The van der Waals surface area contributed by atoms with Gasteiger partial charge in [0.2, 0.25) is 5.88 Å². The summed E-state index contributed by atoms with van der Waals surface area (Å²) < 4.78 is 41.9. The summed E-state index contributed by atoms with van der Waals surface area (Å²) in [5.74, 6) is -0.591. The van der Waals surface area contributed by atoms with Gasteiger partial charge in [0.15, 0.2) is 5.65 Å². The Kier molecular flexibility index (Phi) is 3.81. The molecule has 0 atom stereocenters. The number of fused-ring (bicyclic) bond motifs is 1. The van der Waals surface area contributed by atoms with Crippen LogP contribution in [-0.4, -0.2) is 45.6 Å². The molecule has 28 heavy (non-hydrogen) atoms. The molecule has 3 aromatic heterocycles. The maximum atomic E-state index is 13.8. The number of carbonyl (C=O) groups excluding carboxylic acids is 1. The van der Waals surface area contributed by atoms with E-state index in [2.05, 4.69) is 31.0 Å². The van der Waals surface area contributed by atoms with Gasteiger partial charge in [0.05, 0.1) is 23.5 Å². The fraction of sp³-hybridized carbons (Fsp3) is 0.333. The number of methoxy groups -OCH3 is 1. The number of pyridine rings is 1. The normalized spacial score (nSPS) is 15.9. The highest BCUT2D eigenvalue weighted by Crippen LogP contribution is 2.27. The van der Waals surface area contributed by atoms with Crippen LogP contribution >= 0.6 is 0 Å². The van der Waals surface area contributed by atoms with Gasteiger partial charge in [-0.2, -0.15) is 9.61 Å². The lowest BCUT2D eigenvalue weighted by molar-refractivity contribution is 0.0918. The number of amides is 1. The van der Waals surface area contributed by atoms with Crippen molar-refractivity contribution >= 4 is 28.9 Å². The van der Waals surface area contributed by atoms with Crippen LogP contribution in [0.3, 0.4) is 0 Å². The van der Waals surface area contributed by atoms with Crippen molar-refractivity contribution in [3.05, 3.63) is 35.9 Å². The van der Waals surface area contributed by atoms with Crippen LogP contribution in [0.15, 0.2) is 24.5 Å². The smallest absolute Gasteiger partial charge is 0.256 e. The Labute approximate surface area is 164 Å². The molecule has 1 saturated carbocycles. The third-order valence-electron chi connectivity index (χ3n) is 4.59. The van der Waals surface area contributed by atoms with Gasteiger partial charge in [-0.1, -0.05) is 0 Å². The number of aromatic nitrogens is 4. The summed E-state index contributed by atoms with van der Waals surface area (Å²) in [5, 5.41) is 12.9. The van der Waals surface area contributed by atoms with Crippen molar-refractivity contribution in [1.29, 1.82) is 0 Å². The van der Waals surface area contributed by atoms with Gasteiger partial charge in [-0.3, -0.25) is 4.79 Å². The zero-order chi connectivity index (χ0) is 22.2. The van der Waals surface area contributed by atoms with E-state index in [4.69, 9.17) is 8.85 Å². The first-order valence-electron chi connectivity index (χ1n) is 10.2. The topological polar surface area (TPSA) is 105 Å². The predicted molar refractivity (Wildman–Crippen MR) is 102 cm³/mol. The zero-order valence-electron chi connectivity index (χ0n) is 18.0. The Bertz CT molecular complexity index is 1130. The van der Waals surface area contributed by atoms with Crippen molar-refractivity contribution in [3.8, 4) is 5.88 Å². The molecule has 0 radical (unpaired) electrons. The molecule has 1 aliphatic carbocycles. The SMILES string of the molecule is [2H]C([2H])([2H])Oc1ncc(F)cc1Nc1cc(NC)n2ncc(C(=O)NC3CCC3)c2n1. The molecule has 3 heterocycles. The number of halogens is 1. The molecule has 1 aliphatic rings. The van der Waals surface area contributed by atoms with E-state index in [-0.39, 0.29) is 40.5 Å². The number of anilines is 3. The van der Waals surface area contributed by atoms with Gasteiger partial charge in [0.25, 0.3) is 5.91 Å². The third kappa shape index (κ3) is 3.28. The van der Waals surface area contributed by atoms with E-state index in [9.17, 15) is 9.18 Å². The second-order valence-electron chi connectivity index (χ2n) is 6.40. The summed E-state index contributed by atoms with van der Waals surface area (Å²) in [6, 6.07) is 2.75. The van der Waals surface area contributed by atoms with Crippen LogP contribution in [0.5, 0.6) is 5.88 Å². The molecule has 1 fully saturated rings. The highest BCUT2D eigenvalue weighted by Gasteiger charge is 2.23. The Hall–Kier alpha value is -3.43. The summed E-state index contributed by atoms with van der Waals surface area (Å²) in [5.41, 5.74) is 0.521. The molecule has 0 spiro atoms. The number of rotatable bonds is 6. The lowest BCUT2D eigenvalue weighted by Crippen LogP contribution is -2.39. The standard InChI is InChI=1S/C18H20FN7O2/c1-20-15-7-14(24-13-6-10(19)8-21-18(13)28-2)25-16-12(9-22-26(15)16)17(27)23-11-4-3-5-11/h6-9,11,20H,3-5H2,1-2H3,(H,23,27)(H,24,25)/i2D3. The minimum absolute atomic E-state index is 0.0324. The van der Waals surface area contributed by atoms with Gasteiger partial charge < -0.3 is 20.7 Å². The Morgan fingerprint density at radius 2 is 2.25 bits per heavy atom. The summed E-state index contributed by atoms with van der Waals surface area (Å²) in [7, 11) is -1.10. The lowest BCUT2D eigenvalue weighted by Gasteiger charge is -2.26. The maximum absolute atomic E-state index is 13.8. The molecule has 4 rings (SSSR count). The molecule has 3 aromatic rings. The highest BCUT2D eigenvalue weighted by atomic mass is 19.1. The van der Waals surface area contributed by atoms with E-state index in [1.165, 1.54) is 10.7 Å². The molecule has 0 bridgehead atoms. The van der Waals surface area contributed by atoms with E-state index in [1.54, 1.807) is 13.1 Å². The van der Waals surface area contributed by atoms with Gasteiger partial charge in [-0.25, -0.2) is 14.4 Å². The van der Waals surface area contributed by atoms with Crippen LogP contribution in [0, 0.1) is 5.82 Å². The summed E-state index contributed by atoms with van der Waals surface area (Å²) in [6.07, 6.45) is 5.23. The predicted octanol–water partition coefficient (Wildman–Crippen LogP) is 2.34. The third-order valence-corrected chi connectivity index (χ3v) is 4.59. The molecule has 146 valence electrons. The van der Waals surface area contributed by atoms with Gasteiger partial charge in [0, 0.05) is 25.2 Å². The Morgan fingerprint density at radius 3 is 2.96 bits per heavy atom. The monoisotopic (exact) mass is 388 g/mol. The van der Waals surface area contributed by atoms with E-state index in [1.807, 2.05) is 0 Å². The van der Waals surface area contributed by atoms with Crippen LogP contribution in [0.25, 0.3) is 5.65 Å². The molecular formula is C18H20FN7O2. The molecular weight excluding hydrogens is 365 g/mol. The van der Waals surface area contributed by atoms with Crippen molar-refractivity contribution in [2.75, 3.05) is 24.7 Å². The molecule has 0 aliphatic heterocycles.